The summed E-state index contributed by atoms with van der Waals surface area (Å²) in [7, 11) is 3.96. The van der Waals surface area contributed by atoms with Gasteiger partial charge >= 0.3 is 0 Å². The van der Waals surface area contributed by atoms with Crippen molar-refractivity contribution < 1.29 is 9.57 Å². The first kappa shape index (κ1) is 25.6. The molecule has 0 bridgehead atoms. The molecule has 1 aromatic heterocycles. The second-order valence-corrected chi connectivity index (χ2v) is 11.9. The van der Waals surface area contributed by atoms with E-state index in [-0.39, 0.29) is 6.04 Å². The zero-order chi connectivity index (χ0) is 27.1. The largest absolute Gasteiger partial charge is 0.494 e. The molecule has 0 unspecified atom stereocenters. The van der Waals surface area contributed by atoms with E-state index in [0.717, 1.165) is 42.8 Å². The van der Waals surface area contributed by atoms with Crippen molar-refractivity contribution in [2.45, 2.75) is 31.3 Å². The van der Waals surface area contributed by atoms with Crippen molar-refractivity contribution in [1.82, 2.24) is 19.8 Å². The number of nitrogens with one attached hydrogen (secondary N) is 1. The van der Waals surface area contributed by atoms with Gasteiger partial charge < -0.3 is 19.9 Å². The van der Waals surface area contributed by atoms with E-state index in [9.17, 15) is 0 Å². The zero-order valence-corrected chi connectivity index (χ0v) is 23.5. The van der Waals surface area contributed by atoms with Gasteiger partial charge in [0.1, 0.15) is 17.9 Å². The fourth-order valence-corrected chi connectivity index (χ4v) is 7.19. The third kappa shape index (κ3) is 4.87. The van der Waals surface area contributed by atoms with Gasteiger partial charge in [-0.3, -0.25) is 9.74 Å². The standard InChI is InChI=1S/C31H39N7O2/c1-35-18-31(19-35)20-37(21-31)24-10-13-36(14-11-24)25-8-9-26(28(16-25)39-2)34-29-17-30(33-22-32-29)38-27(12-15-40-38)23-6-4-3-5-7-23/h3-9,16-17,22,24,27H,10-15,18-21H2,1-2H3,(H,32,33,34)/t27-/m1/s1. The lowest BCUT2D eigenvalue weighted by molar-refractivity contribution is -0.123. The summed E-state index contributed by atoms with van der Waals surface area (Å²) < 4.78 is 5.81. The quantitative estimate of drug-likeness (QED) is 0.471. The molecule has 7 rings (SSSR count). The van der Waals surface area contributed by atoms with Gasteiger partial charge in [-0.25, -0.2) is 15.0 Å². The van der Waals surface area contributed by atoms with E-state index in [1.165, 1.54) is 50.3 Å². The number of nitrogens with zero attached hydrogens (tertiary/aromatic N) is 6. The van der Waals surface area contributed by atoms with Crippen molar-refractivity contribution in [3.8, 4) is 5.75 Å². The molecule has 1 spiro atoms. The van der Waals surface area contributed by atoms with Gasteiger partial charge in [-0.05, 0) is 37.6 Å². The van der Waals surface area contributed by atoms with Crippen LogP contribution in [0.4, 0.5) is 23.0 Å². The number of benzene rings is 2. The zero-order valence-electron chi connectivity index (χ0n) is 23.5. The maximum absolute atomic E-state index is 5.98. The maximum atomic E-state index is 5.98. The van der Waals surface area contributed by atoms with Crippen LogP contribution in [0.2, 0.25) is 0 Å². The molecular weight excluding hydrogens is 502 g/mol. The highest BCUT2D eigenvalue weighted by Crippen LogP contribution is 2.42. The van der Waals surface area contributed by atoms with E-state index in [1.807, 2.05) is 17.2 Å². The van der Waals surface area contributed by atoms with Crippen LogP contribution in [0.1, 0.15) is 30.9 Å². The van der Waals surface area contributed by atoms with Crippen molar-refractivity contribution in [3.05, 3.63) is 66.5 Å². The van der Waals surface area contributed by atoms with E-state index in [2.05, 4.69) is 79.5 Å². The minimum absolute atomic E-state index is 0.129. The van der Waals surface area contributed by atoms with Crippen LogP contribution < -0.4 is 20.0 Å². The van der Waals surface area contributed by atoms with Crippen molar-refractivity contribution >= 4 is 23.0 Å². The summed E-state index contributed by atoms with van der Waals surface area (Å²) in [5, 5.41) is 5.34. The van der Waals surface area contributed by atoms with Crippen molar-refractivity contribution in [2.24, 2.45) is 5.41 Å². The van der Waals surface area contributed by atoms with E-state index in [0.29, 0.717) is 17.8 Å². The van der Waals surface area contributed by atoms with E-state index >= 15 is 0 Å². The molecule has 0 radical (unpaired) electrons. The van der Waals surface area contributed by atoms with E-state index in [1.54, 1.807) is 13.4 Å². The summed E-state index contributed by atoms with van der Waals surface area (Å²) in [5.74, 6) is 2.24. The Bertz CT molecular complexity index is 1320. The summed E-state index contributed by atoms with van der Waals surface area (Å²) in [4.78, 5) is 22.6. The highest BCUT2D eigenvalue weighted by Gasteiger charge is 2.51. The Kier molecular flexibility index (Phi) is 6.73. The van der Waals surface area contributed by atoms with Crippen LogP contribution in [0, 0.1) is 5.41 Å². The van der Waals surface area contributed by atoms with Crippen LogP contribution in [0.25, 0.3) is 0 Å². The molecule has 210 valence electrons. The summed E-state index contributed by atoms with van der Waals surface area (Å²) in [6.07, 6.45) is 4.94. The van der Waals surface area contributed by atoms with Gasteiger partial charge in [0.2, 0.25) is 0 Å². The number of hydrogen-bond acceptors (Lipinski definition) is 9. The molecule has 1 atom stereocenters. The van der Waals surface area contributed by atoms with Crippen LogP contribution in [-0.4, -0.2) is 85.8 Å². The second kappa shape index (κ2) is 10.5. The smallest absolute Gasteiger partial charge is 0.158 e. The van der Waals surface area contributed by atoms with Crippen LogP contribution in [0.3, 0.4) is 0 Å². The van der Waals surface area contributed by atoms with E-state index in [4.69, 9.17) is 9.57 Å². The Morgan fingerprint density at radius 2 is 1.75 bits per heavy atom. The fraction of sp³-hybridized carbons (Fsp3) is 0.484. The first-order valence-corrected chi connectivity index (χ1v) is 14.5. The lowest BCUT2D eigenvalue weighted by Gasteiger charge is -2.62. The minimum Gasteiger partial charge on any atom is -0.494 e. The first-order chi connectivity index (χ1) is 19.6. The number of likely N-dealkylation sites (tertiary alicyclic amines) is 2. The van der Waals surface area contributed by atoms with Gasteiger partial charge in [0.05, 0.1) is 25.4 Å². The average Bonchev–Trinajstić information content (AvgIpc) is 3.45. The Hall–Kier alpha value is -3.40. The average molecular weight is 542 g/mol. The molecule has 4 aliphatic rings. The van der Waals surface area contributed by atoms with E-state index < -0.39 is 0 Å². The molecular formula is C31H39N7O2. The van der Waals surface area contributed by atoms with Gasteiger partial charge in [0, 0.05) is 75.0 Å². The van der Waals surface area contributed by atoms with Crippen LogP contribution >= 0.6 is 0 Å². The molecule has 5 heterocycles. The topological polar surface area (TPSA) is 69.2 Å². The maximum Gasteiger partial charge on any atom is 0.158 e. The Labute approximate surface area is 236 Å². The van der Waals surface area contributed by atoms with Crippen LogP contribution in [0.15, 0.2) is 60.9 Å². The van der Waals surface area contributed by atoms with Crippen molar-refractivity contribution in [1.29, 1.82) is 0 Å². The monoisotopic (exact) mass is 541 g/mol. The predicted octanol–water partition coefficient (Wildman–Crippen LogP) is 4.33. The number of piperidine rings is 1. The molecule has 40 heavy (non-hydrogen) atoms. The molecule has 3 aromatic rings. The molecule has 4 aliphatic heterocycles. The molecule has 9 nitrogen and oxygen atoms in total. The number of methoxy groups -OCH3 is 1. The third-order valence-corrected chi connectivity index (χ3v) is 9.05. The van der Waals surface area contributed by atoms with Gasteiger partial charge in [-0.15, -0.1) is 0 Å². The SMILES string of the molecule is COc1cc(N2CCC(N3CC4(CN(C)C4)C3)CC2)ccc1Nc1cc(N2OCC[C@@H]2c2ccccc2)ncn1. The number of hydrogen-bond donors (Lipinski definition) is 1. The van der Waals surface area contributed by atoms with Gasteiger partial charge in [-0.1, -0.05) is 30.3 Å². The molecule has 0 aliphatic carbocycles. The van der Waals surface area contributed by atoms with Gasteiger partial charge in [-0.2, -0.15) is 0 Å². The highest BCUT2D eigenvalue weighted by atomic mass is 16.7. The molecule has 4 saturated heterocycles. The van der Waals surface area contributed by atoms with Crippen LogP contribution in [-0.2, 0) is 4.84 Å². The normalized spacial score (nSPS) is 23.2. The lowest BCUT2D eigenvalue weighted by atomic mass is 9.72. The molecule has 0 saturated carbocycles. The number of ether oxygens (including phenoxy) is 1. The third-order valence-electron chi connectivity index (χ3n) is 9.05. The van der Waals surface area contributed by atoms with Gasteiger partial charge in [0.15, 0.2) is 5.82 Å². The Balaban J connectivity index is 0.995. The summed E-state index contributed by atoms with van der Waals surface area (Å²) in [5.41, 5.74) is 3.91. The summed E-state index contributed by atoms with van der Waals surface area (Å²) >= 11 is 0. The lowest BCUT2D eigenvalue weighted by Crippen LogP contribution is -2.73. The molecule has 4 fully saturated rings. The molecule has 2 aromatic carbocycles. The number of anilines is 4. The van der Waals surface area contributed by atoms with Crippen molar-refractivity contribution in [3.63, 3.8) is 0 Å². The number of hydroxylamine groups is 1. The molecule has 1 N–H and O–H groups in total. The summed E-state index contributed by atoms with van der Waals surface area (Å²) in [6.45, 7) is 7.96. The summed E-state index contributed by atoms with van der Waals surface area (Å²) in [6, 6.07) is 19.6. The molecule has 0 amide bonds. The Morgan fingerprint density at radius 3 is 2.50 bits per heavy atom. The fourth-order valence-electron chi connectivity index (χ4n) is 7.19. The van der Waals surface area contributed by atoms with Crippen LogP contribution in [0.5, 0.6) is 5.75 Å². The number of rotatable bonds is 7. The highest BCUT2D eigenvalue weighted by molar-refractivity contribution is 5.70. The molecule has 9 heteroatoms. The minimum atomic E-state index is 0.129. The second-order valence-electron chi connectivity index (χ2n) is 11.9. The van der Waals surface area contributed by atoms with Crippen molar-refractivity contribution in [2.75, 3.05) is 75.3 Å². The first-order valence-electron chi connectivity index (χ1n) is 14.5. The Morgan fingerprint density at radius 1 is 0.950 bits per heavy atom. The number of aromatic nitrogens is 2. The predicted molar refractivity (Wildman–Crippen MR) is 157 cm³/mol. The van der Waals surface area contributed by atoms with Gasteiger partial charge in [0.25, 0.3) is 0 Å².